The van der Waals surface area contributed by atoms with Crippen molar-refractivity contribution in [3.63, 3.8) is 0 Å². The van der Waals surface area contributed by atoms with Gasteiger partial charge in [0.2, 0.25) is 5.91 Å². The number of hydrogen-bond acceptors (Lipinski definition) is 3. The van der Waals surface area contributed by atoms with E-state index in [1.807, 2.05) is 52.0 Å². The van der Waals surface area contributed by atoms with E-state index in [1.54, 1.807) is 23.1 Å². The van der Waals surface area contributed by atoms with Gasteiger partial charge in [-0.1, -0.05) is 71.2 Å². The fourth-order valence-electron chi connectivity index (χ4n) is 3.18. The van der Waals surface area contributed by atoms with Crippen molar-refractivity contribution in [3.05, 3.63) is 63.1 Å². The molecule has 7 heteroatoms. The number of halogens is 2. The lowest BCUT2D eigenvalue weighted by Gasteiger charge is -2.31. The van der Waals surface area contributed by atoms with Gasteiger partial charge >= 0.3 is 0 Å². The lowest BCUT2D eigenvalue weighted by Crippen LogP contribution is -2.51. The van der Waals surface area contributed by atoms with Gasteiger partial charge in [0.15, 0.2) is 6.61 Å². The SMILES string of the molecule is CC[C@H](C)NC(=O)[C@H](CC)N(Cc1cccc(C)c1)C(=O)COc1ccc(Br)cc1Cl. The molecule has 0 unspecified atom stereocenters. The summed E-state index contributed by atoms with van der Waals surface area (Å²) in [7, 11) is 0. The van der Waals surface area contributed by atoms with Crippen molar-refractivity contribution in [2.75, 3.05) is 6.61 Å². The number of ether oxygens (including phenoxy) is 1. The average molecular weight is 510 g/mol. The number of amides is 2. The number of benzene rings is 2. The molecule has 2 amide bonds. The molecule has 2 atom stereocenters. The molecule has 0 radical (unpaired) electrons. The van der Waals surface area contributed by atoms with Gasteiger partial charge in [0.05, 0.1) is 5.02 Å². The van der Waals surface area contributed by atoms with Gasteiger partial charge in [0, 0.05) is 17.1 Å². The number of rotatable bonds is 10. The molecule has 0 saturated heterocycles. The van der Waals surface area contributed by atoms with Crippen molar-refractivity contribution in [2.45, 2.75) is 59.2 Å². The molecule has 0 aliphatic rings. The van der Waals surface area contributed by atoms with Gasteiger partial charge in [-0.15, -0.1) is 0 Å². The molecule has 0 saturated carbocycles. The van der Waals surface area contributed by atoms with E-state index >= 15 is 0 Å². The van der Waals surface area contributed by atoms with Crippen LogP contribution in [0.4, 0.5) is 0 Å². The second-order valence-electron chi connectivity index (χ2n) is 7.62. The molecule has 0 spiro atoms. The molecule has 0 aliphatic heterocycles. The van der Waals surface area contributed by atoms with Gasteiger partial charge in [0.1, 0.15) is 11.8 Å². The molecule has 2 aromatic carbocycles. The topological polar surface area (TPSA) is 58.6 Å². The summed E-state index contributed by atoms with van der Waals surface area (Å²) in [4.78, 5) is 27.7. The second kappa shape index (κ2) is 12.1. The van der Waals surface area contributed by atoms with Crippen LogP contribution in [0.2, 0.25) is 5.02 Å². The van der Waals surface area contributed by atoms with E-state index in [0.717, 1.165) is 22.0 Å². The average Bonchev–Trinajstić information content (AvgIpc) is 2.72. The Labute approximate surface area is 198 Å². The number of carbonyl (C=O) groups excluding carboxylic acids is 2. The van der Waals surface area contributed by atoms with Crippen molar-refractivity contribution < 1.29 is 14.3 Å². The number of carbonyl (C=O) groups is 2. The van der Waals surface area contributed by atoms with Gasteiger partial charge < -0.3 is 15.0 Å². The zero-order valence-electron chi connectivity index (χ0n) is 18.5. The van der Waals surface area contributed by atoms with E-state index < -0.39 is 6.04 Å². The summed E-state index contributed by atoms with van der Waals surface area (Å²) in [6.07, 6.45) is 1.32. The Bertz CT molecular complexity index is 906. The Morgan fingerprint density at radius 2 is 1.90 bits per heavy atom. The van der Waals surface area contributed by atoms with Gasteiger partial charge in [-0.05, 0) is 50.5 Å². The van der Waals surface area contributed by atoms with Crippen LogP contribution < -0.4 is 10.1 Å². The monoisotopic (exact) mass is 508 g/mol. The Morgan fingerprint density at radius 3 is 2.52 bits per heavy atom. The minimum Gasteiger partial charge on any atom is -0.482 e. The van der Waals surface area contributed by atoms with Crippen LogP contribution in [0.1, 0.15) is 44.7 Å². The van der Waals surface area contributed by atoms with E-state index in [-0.39, 0.29) is 24.5 Å². The molecular weight excluding hydrogens is 480 g/mol. The summed E-state index contributed by atoms with van der Waals surface area (Å²) in [6, 6.07) is 12.6. The Kier molecular flexibility index (Phi) is 9.85. The fraction of sp³-hybridized carbons (Fsp3) is 0.417. The Hall–Kier alpha value is -2.05. The highest BCUT2D eigenvalue weighted by Gasteiger charge is 2.29. The van der Waals surface area contributed by atoms with Crippen molar-refractivity contribution in [3.8, 4) is 5.75 Å². The largest absolute Gasteiger partial charge is 0.482 e. The molecule has 0 aliphatic carbocycles. The first-order chi connectivity index (χ1) is 14.7. The van der Waals surface area contributed by atoms with Crippen LogP contribution in [0.25, 0.3) is 0 Å². The van der Waals surface area contributed by atoms with E-state index in [1.165, 1.54) is 0 Å². The van der Waals surface area contributed by atoms with Crippen LogP contribution in [0.3, 0.4) is 0 Å². The summed E-state index contributed by atoms with van der Waals surface area (Å²) in [5, 5.41) is 3.41. The smallest absolute Gasteiger partial charge is 0.261 e. The van der Waals surface area contributed by atoms with Gasteiger partial charge in [-0.25, -0.2) is 0 Å². The van der Waals surface area contributed by atoms with Crippen molar-refractivity contribution in [1.29, 1.82) is 0 Å². The Morgan fingerprint density at radius 1 is 1.16 bits per heavy atom. The van der Waals surface area contributed by atoms with Gasteiger partial charge in [-0.3, -0.25) is 9.59 Å². The van der Waals surface area contributed by atoms with E-state index in [4.69, 9.17) is 16.3 Å². The van der Waals surface area contributed by atoms with Crippen molar-refractivity contribution >= 4 is 39.3 Å². The van der Waals surface area contributed by atoms with Crippen LogP contribution in [0, 0.1) is 6.92 Å². The number of aryl methyl sites for hydroxylation is 1. The lowest BCUT2D eigenvalue weighted by molar-refractivity contribution is -0.143. The summed E-state index contributed by atoms with van der Waals surface area (Å²) in [5.41, 5.74) is 2.06. The highest BCUT2D eigenvalue weighted by atomic mass is 79.9. The zero-order chi connectivity index (χ0) is 23.0. The van der Waals surface area contributed by atoms with Crippen LogP contribution in [0.15, 0.2) is 46.9 Å². The van der Waals surface area contributed by atoms with Crippen LogP contribution in [-0.4, -0.2) is 35.4 Å². The molecule has 168 valence electrons. The van der Waals surface area contributed by atoms with Crippen LogP contribution in [0.5, 0.6) is 5.75 Å². The first-order valence-corrected chi connectivity index (χ1v) is 11.6. The maximum Gasteiger partial charge on any atom is 0.261 e. The first-order valence-electron chi connectivity index (χ1n) is 10.5. The number of nitrogens with one attached hydrogen (secondary N) is 1. The molecule has 2 aromatic rings. The molecule has 0 fully saturated rings. The first kappa shape index (κ1) is 25.2. The van der Waals surface area contributed by atoms with Crippen molar-refractivity contribution in [1.82, 2.24) is 10.2 Å². The zero-order valence-corrected chi connectivity index (χ0v) is 20.8. The minimum atomic E-state index is -0.592. The van der Waals surface area contributed by atoms with E-state index in [9.17, 15) is 9.59 Å². The summed E-state index contributed by atoms with van der Waals surface area (Å²) in [6.45, 7) is 7.99. The third-order valence-electron chi connectivity index (χ3n) is 5.07. The molecule has 0 bridgehead atoms. The minimum absolute atomic E-state index is 0.0373. The molecule has 0 heterocycles. The highest BCUT2D eigenvalue weighted by Crippen LogP contribution is 2.28. The summed E-state index contributed by atoms with van der Waals surface area (Å²) < 4.78 is 6.52. The summed E-state index contributed by atoms with van der Waals surface area (Å²) in [5.74, 6) is -0.00278. The summed E-state index contributed by atoms with van der Waals surface area (Å²) >= 11 is 9.56. The third kappa shape index (κ3) is 7.54. The predicted octanol–water partition coefficient (Wildman–Crippen LogP) is 5.51. The normalized spacial score (nSPS) is 12.7. The molecule has 31 heavy (non-hydrogen) atoms. The van der Waals surface area contributed by atoms with Gasteiger partial charge in [-0.2, -0.15) is 0 Å². The third-order valence-corrected chi connectivity index (χ3v) is 5.86. The van der Waals surface area contributed by atoms with Crippen LogP contribution >= 0.6 is 27.5 Å². The highest BCUT2D eigenvalue weighted by molar-refractivity contribution is 9.10. The Balaban J connectivity index is 2.23. The van der Waals surface area contributed by atoms with E-state index in [2.05, 4.69) is 21.2 Å². The van der Waals surface area contributed by atoms with E-state index in [0.29, 0.717) is 23.7 Å². The standard InChI is InChI=1S/C24H30BrClN2O3/c1-5-17(4)27-24(30)21(6-2)28(14-18-9-7-8-16(3)12-18)23(29)15-31-22-11-10-19(25)13-20(22)26/h7-13,17,21H,5-6,14-15H2,1-4H3,(H,27,30)/t17-,21-/m0/s1. The maximum atomic E-state index is 13.2. The molecule has 1 N–H and O–H groups in total. The maximum absolute atomic E-state index is 13.2. The van der Waals surface area contributed by atoms with Gasteiger partial charge in [0.25, 0.3) is 5.91 Å². The molecule has 0 aromatic heterocycles. The second-order valence-corrected chi connectivity index (χ2v) is 8.94. The number of nitrogens with zero attached hydrogens (tertiary/aromatic N) is 1. The lowest BCUT2D eigenvalue weighted by atomic mass is 10.1. The molecule has 5 nitrogen and oxygen atoms in total. The van der Waals surface area contributed by atoms with Crippen LogP contribution in [-0.2, 0) is 16.1 Å². The fourth-order valence-corrected chi connectivity index (χ4v) is 3.91. The molecular formula is C24H30BrClN2O3. The quantitative estimate of drug-likeness (QED) is 0.459. The van der Waals surface area contributed by atoms with Crippen molar-refractivity contribution in [2.24, 2.45) is 0 Å². The molecule has 2 rings (SSSR count). The number of hydrogen-bond donors (Lipinski definition) is 1. The predicted molar refractivity (Wildman–Crippen MR) is 128 cm³/mol.